The van der Waals surface area contributed by atoms with E-state index in [1.54, 1.807) is 0 Å². The van der Waals surface area contributed by atoms with Crippen molar-refractivity contribution >= 4 is 11.3 Å². The van der Waals surface area contributed by atoms with E-state index in [2.05, 4.69) is 85.7 Å². The van der Waals surface area contributed by atoms with E-state index in [4.69, 9.17) is 0 Å². The van der Waals surface area contributed by atoms with Crippen LogP contribution < -0.4 is 4.90 Å². The average molecular weight is 297 g/mol. The molecule has 1 unspecified atom stereocenters. The molecule has 0 heterocycles. The molecule has 0 spiro atoms. The third-order valence-corrected chi connectivity index (χ3v) is 5.26. The van der Waals surface area contributed by atoms with Gasteiger partial charge in [0, 0.05) is 25.7 Å². The third kappa shape index (κ3) is 2.74. The molecule has 0 saturated carbocycles. The normalized spacial score (nSPS) is 19.2. The summed E-state index contributed by atoms with van der Waals surface area (Å²) in [6, 6.07) is 6.95. The van der Waals surface area contributed by atoms with Crippen molar-refractivity contribution in [2.24, 2.45) is 5.92 Å². The first-order valence-electron chi connectivity index (χ1n) is 8.26. The lowest BCUT2D eigenvalue weighted by Crippen LogP contribution is -2.17. The zero-order valence-corrected chi connectivity index (χ0v) is 15.8. The maximum Gasteiger partial charge on any atom is 0.0364 e. The molecule has 0 fully saturated rings. The number of benzene rings is 1. The second-order valence-electron chi connectivity index (χ2n) is 7.94. The van der Waals surface area contributed by atoms with Crippen LogP contribution in [0.5, 0.6) is 0 Å². The van der Waals surface area contributed by atoms with Crippen LogP contribution in [0.15, 0.2) is 34.9 Å². The highest BCUT2D eigenvalue weighted by atomic mass is 15.1. The molecular formula is C21H31N. The monoisotopic (exact) mass is 297 g/mol. The van der Waals surface area contributed by atoms with Crippen LogP contribution in [0.4, 0.5) is 5.69 Å². The van der Waals surface area contributed by atoms with Crippen molar-refractivity contribution in [3.8, 4) is 0 Å². The van der Waals surface area contributed by atoms with Crippen LogP contribution in [-0.4, -0.2) is 14.1 Å². The lowest BCUT2D eigenvalue weighted by atomic mass is 9.78. The van der Waals surface area contributed by atoms with Gasteiger partial charge in [0.05, 0.1) is 0 Å². The molecule has 0 saturated heterocycles. The van der Waals surface area contributed by atoms with E-state index in [0.29, 0.717) is 5.92 Å². The van der Waals surface area contributed by atoms with Gasteiger partial charge in [0.1, 0.15) is 0 Å². The molecule has 2 rings (SSSR count). The predicted molar refractivity (Wildman–Crippen MR) is 99.6 cm³/mol. The van der Waals surface area contributed by atoms with Crippen molar-refractivity contribution in [2.45, 2.75) is 53.9 Å². The summed E-state index contributed by atoms with van der Waals surface area (Å²) in [6.45, 7) is 16.1. The summed E-state index contributed by atoms with van der Waals surface area (Å²) in [4.78, 5) is 2.19. The summed E-state index contributed by atoms with van der Waals surface area (Å²) in [5.41, 5.74) is 10.3. The Morgan fingerprint density at radius 3 is 1.95 bits per heavy atom. The Hall–Kier alpha value is -1.50. The number of anilines is 1. The zero-order valence-electron chi connectivity index (χ0n) is 15.8. The lowest BCUT2D eigenvalue weighted by molar-refractivity contribution is 0.587. The van der Waals surface area contributed by atoms with E-state index in [0.717, 1.165) is 0 Å². The van der Waals surface area contributed by atoms with Crippen molar-refractivity contribution < 1.29 is 0 Å². The molecular weight excluding hydrogens is 266 g/mol. The van der Waals surface area contributed by atoms with E-state index >= 15 is 0 Å². The molecule has 0 bridgehead atoms. The standard InChI is InChI=1S/C21H31N/c1-13-14(2)16(4)20(15(13)3)18-11-10-17(22(8)9)12-19(18)21(5,6)7/h10-12,15H,1-9H3. The summed E-state index contributed by atoms with van der Waals surface area (Å²) in [5, 5.41) is 0. The van der Waals surface area contributed by atoms with Crippen molar-refractivity contribution in [1.82, 2.24) is 0 Å². The Kier molecular flexibility index (Phi) is 4.30. The maximum absolute atomic E-state index is 2.37. The molecule has 0 aliphatic heterocycles. The van der Waals surface area contributed by atoms with Crippen LogP contribution in [0.2, 0.25) is 0 Å². The number of nitrogens with zero attached hydrogens (tertiary/aromatic N) is 1. The highest BCUT2D eigenvalue weighted by molar-refractivity contribution is 5.82. The molecule has 1 heteroatoms. The molecule has 1 aliphatic rings. The second-order valence-corrected chi connectivity index (χ2v) is 7.94. The van der Waals surface area contributed by atoms with Crippen LogP contribution in [0.1, 0.15) is 59.6 Å². The summed E-state index contributed by atoms with van der Waals surface area (Å²) < 4.78 is 0. The van der Waals surface area contributed by atoms with Crippen molar-refractivity contribution in [3.05, 3.63) is 46.0 Å². The quantitative estimate of drug-likeness (QED) is 0.666. The molecule has 1 atom stereocenters. The predicted octanol–water partition coefficient (Wildman–Crippen LogP) is 5.81. The topological polar surface area (TPSA) is 3.24 Å². The first kappa shape index (κ1) is 16.9. The molecule has 0 N–H and O–H groups in total. The van der Waals surface area contributed by atoms with Gasteiger partial charge in [0.2, 0.25) is 0 Å². The summed E-state index contributed by atoms with van der Waals surface area (Å²) in [5.74, 6) is 0.520. The first-order valence-corrected chi connectivity index (χ1v) is 8.26. The molecule has 0 radical (unpaired) electrons. The molecule has 0 amide bonds. The van der Waals surface area contributed by atoms with Gasteiger partial charge in [-0.15, -0.1) is 0 Å². The minimum absolute atomic E-state index is 0.138. The smallest absolute Gasteiger partial charge is 0.0364 e. The van der Waals surface area contributed by atoms with Gasteiger partial charge >= 0.3 is 0 Å². The number of hydrogen-bond acceptors (Lipinski definition) is 1. The van der Waals surface area contributed by atoms with E-state index in [1.807, 2.05) is 0 Å². The molecule has 1 nitrogen and oxygen atoms in total. The van der Waals surface area contributed by atoms with E-state index in [1.165, 1.54) is 39.1 Å². The van der Waals surface area contributed by atoms with Gasteiger partial charge in [-0.3, -0.25) is 0 Å². The number of allylic oxidation sites excluding steroid dienone is 4. The largest absolute Gasteiger partial charge is 0.378 e. The lowest BCUT2D eigenvalue weighted by Gasteiger charge is -2.28. The summed E-state index contributed by atoms with van der Waals surface area (Å²) >= 11 is 0. The molecule has 0 aromatic heterocycles. The van der Waals surface area contributed by atoms with E-state index in [-0.39, 0.29) is 5.41 Å². The second kappa shape index (κ2) is 5.61. The number of rotatable bonds is 2. The van der Waals surface area contributed by atoms with Crippen LogP contribution in [0.3, 0.4) is 0 Å². The minimum Gasteiger partial charge on any atom is -0.378 e. The Labute approximate surface area is 136 Å². The van der Waals surface area contributed by atoms with Crippen molar-refractivity contribution in [2.75, 3.05) is 19.0 Å². The highest BCUT2D eigenvalue weighted by Crippen LogP contribution is 2.45. The van der Waals surface area contributed by atoms with Crippen LogP contribution >= 0.6 is 0 Å². The average Bonchev–Trinajstić information content (AvgIpc) is 2.61. The first-order chi connectivity index (χ1) is 10.1. The van der Waals surface area contributed by atoms with E-state index < -0.39 is 0 Å². The zero-order chi connectivity index (χ0) is 16.8. The fourth-order valence-electron chi connectivity index (χ4n) is 3.46. The van der Waals surface area contributed by atoms with Gasteiger partial charge in [0.15, 0.2) is 0 Å². The Morgan fingerprint density at radius 2 is 1.55 bits per heavy atom. The molecule has 1 aromatic carbocycles. The van der Waals surface area contributed by atoms with Crippen LogP contribution in [-0.2, 0) is 5.41 Å². The van der Waals surface area contributed by atoms with E-state index in [9.17, 15) is 0 Å². The van der Waals surface area contributed by atoms with Gasteiger partial charge in [-0.05, 0) is 66.2 Å². The summed E-state index contributed by atoms with van der Waals surface area (Å²) in [6.07, 6.45) is 0. The number of hydrogen-bond donors (Lipinski definition) is 0. The fourth-order valence-corrected chi connectivity index (χ4v) is 3.46. The minimum atomic E-state index is 0.138. The van der Waals surface area contributed by atoms with Crippen LogP contribution in [0.25, 0.3) is 5.57 Å². The highest BCUT2D eigenvalue weighted by Gasteiger charge is 2.29. The molecule has 1 aliphatic carbocycles. The van der Waals surface area contributed by atoms with Gasteiger partial charge < -0.3 is 4.90 Å². The summed E-state index contributed by atoms with van der Waals surface area (Å²) in [7, 11) is 4.22. The Bertz CT molecular complexity index is 651. The van der Waals surface area contributed by atoms with Crippen molar-refractivity contribution in [3.63, 3.8) is 0 Å². The van der Waals surface area contributed by atoms with Crippen LogP contribution in [0, 0.1) is 5.92 Å². The Morgan fingerprint density at radius 1 is 0.955 bits per heavy atom. The molecule has 22 heavy (non-hydrogen) atoms. The fraction of sp³-hybridized carbons (Fsp3) is 0.524. The van der Waals surface area contributed by atoms with Gasteiger partial charge in [0.25, 0.3) is 0 Å². The molecule has 120 valence electrons. The van der Waals surface area contributed by atoms with Crippen molar-refractivity contribution in [1.29, 1.82) is 0 Å². The molecule has 1 aromatic rings. The maximum atomic E-state index is 2.37. The third-order valence-electron chi connectivity index (χ3n) is 5.26. The Balaban J connectivity index is 2.68. The van der Waals surface area contributed by atoms with Gasteiger partial charge in [-0.2, -0.15) is 0 Å². The van der Waals surface area contributed by atoms with Gasteiger partial charge in [-0.25, -0.2) is 0 Å². The van der Waals surface area contributed by atoms with Gasteiger partial charge in [-0.1, -0.05) is 39.3 Å². The SMILES string of the molecule is CC1=C(C)C(C)C(c2ccc(N(C)C)cc2C(C)(C)C)=C1C.